The van der Waals surface area contributed by atoms with Crippen LogP contribution >= 0.6 is 15.9 Å². The lowest BCUT2D eigenvalue weighted by atomic mass is 10.2. The van der Waals surface area contributed by atoms with Gasteiger partial charge in [0, 0.05) is 16.6 Å². The molecule has 0 atom stereocenters. The van der Waals surface area contributed by atoms with Crippen LogP contribution in [0.2, 0.25) is 0 Å². The Bertz CT molecular complexity index is 387. The van der Waals surface area contributed by atoms with Crippen LogP contribution in [0.25, 0.3) is 0 Å². The molecule has 1 aromatic rings. The third-order valence-corrected chi connectivity index (χ3v) is 2.48. The quantitative estimate of drug-likeness (QED) is 0.847. The molecule has 0 saturated heterocycles. The van der Waals surface area contributed by atoms with Gasteiger partial charge in [-0.3, -0.25) is 0 Å². The molecule has 17 heavy (non-hydrogen) atoms. The van der Waals surface area contributed by atoms with Crippen molar-refractivity contribution in [3.05, 3.63) is 28.2 Å². The van der Waals surface area contributed by atoms with Gasteiger partial charge < -0.3 is 10.5 Å². The first-order valence-electron chi connectivity index (χ1n) is 4.64. The highest BCUT2D eigenvalue weighted by Crippen LogP contribution is 2.27. The van der Waals surface area contributed by atoms with Crippen molar-refractivity contribution in [2.75, 3.05) is 6.61 Å². The van der Waals surface area contributed by atoms with E-state index in [1.54, 1.807) is 12.1 Å². The summed E-state index contributed by atoms with van der Waals surface area (Å²) >= 11 is 3.12. The molecule has 1 aromatic carbocycles. The molecule has 0 radical (unpaired) electrons. The summed E-state index contributed by atoms with van der Waals surface area (Å²) in [6.45, 7) is -1.31. The van der Waals surface area contributed by atoms with E-state index in [9.17, 15) is 17.6 Å². The first kappa shape index (κ1) is 14.2. The van der Waals surface area contributed by atoms with Gasteiger partial charge in [0.1, 0.15) is 5.75 Å². The van der Waals surface area contributed by atoms with Gasteiger partial charge in [0.05, 0.1) is 0 Å². The van der Waals surface area contributed by atoms with E-state index in [1.807, 2.05) is 0 Å². The van der Waals surface area contributed by atoms with Gasteiger partial charge in [0.25, 0.3) is 0 Å². The molecule has 0 amide bonds. The van der Waals surface area contributed by atoms with Crippen LogP contribution in [0.5, 0.6) is 5.75 Å². The normalized spacial score (nSPS) is 11.9. The maximum Gasteiger partial charge on any atom is 0.340 e. The molecule has 0 aromatic heterocycles. The smallest absolute Gasteiger partial charge is 0.340 e. The molecule has 1 rings (SSSR count). The second-order valence-corrected chi connectivity index (χ2v) is 4.22. The van der Waals surface area contributed by atoms with Crippen molar-refractivity contribution in [2.24, 2.45) is 5.73 Å². The van der Waals surface area contributed by atoms with Crippen molar-refractivity contribution in [2.45, 2.75) is 18.9 Å². The highest BCUT2D eigenvalue weighted by atomic mass is 79.9. The molecule has 0 saturated carbocycles. The van der Waals surface area contributed by atoms with E-state index in [1.165, 1.54) is 6.07 Å². The van der Waals surface area contributed by atoms with Crippen molar-refractivity contribution < 1.29 is 22.3 Å². The monoisotopic (exact) mass is 315 g/mol. The van der Waals surface area contributed by atoms with Crippen molar-refractivity contribution in [1.82, 2.24) is 0 Å². The van der Waals surface area contributed by atoms with E-state index in [2.05, 4.69) is 15.9 Å². The fourth-order valence-electron chi connectivity index (χ4n) is 1.07. The van der Waals surface area contributed by atoms with Crippen LogP contribution in [0.4, 0.5) is 17.6 Å². The van der Waals surface area contributed by atoms with Gasteiger partial charge in [-0.2, -0.15) is 8.78 Å². The standard InChI is InChI=1S/C10H10BrF4NO/c11-7-2-1-6(4-16)8(3-7)17-5-10(14,15)9(12)13/h1-3,9H,4-5,16H2. The van der Waals surface area contributed by atoms with E-state index in [0.717, 1.165) is 0 Å². The maximum atomic E-state index is 12.7. The van der Waals surface area contributed by atoms with Crippen LogP contribution < -0.4 is 10.5 Å². The van der Waals surface area contributed by atoms with E-state index >= 15 is 0 Å². The predicted molar refractivity (Wildman–Crippen MR) is 58.5 cm³/mol. The summed E-state index contributed by atoms with van der Waals surface area (Å²) in [5.74, 6) is -4.10. The van der Waals surface area contributed by atoms with Gasteiger partial charge >= 0.3 is 12.3 Å². The molecule has 0 aliphatic rings. The Kier molecular flexibility index (Phi) is 4.76. The highest BCUT2D eigenvalue weighted by Gasteiger charge is 2.41. The lowest BCUT2D eigenvalue weighted by Gasteiger charge is -2.17. The van der Waals surface area contributed by atoms with Crippen LogP contribution in [-0.4, -0.2) is 19.0 Å². The Hall–Kier alpha value is -0.820. The number of halogens is 5. The number of benzene rings is 1. The Labute approximate surface area is 104 Å². The first-order valence-corrected chi connectivity index (χ1v) is 5.43. The average Bonchev–Trinajstić information content (AvgIpc) is 2.26. The summed E-state index contributed by atoms with van der Waals surface area (Å²) in [6.07, 6.45) is -3.75. The van der Waals surface area contributed by atoms with E-state index in [0.29, 0.717) is 10.0 Å². The molecule has 96 valence electrons. The van der Waals surface area contributed by atoms with Crippen molar-refractivity contribution >= 4 is 15.9 Å². The molecule has 2 nitrogen and oxygen atoms in total. The molecule has 0 bridgehead atoms. The lowest BCUT2D eigenvalue weighted by Crippen LogP contribution is -2.34. The number of nitrogens with two attached hydrogens (primary N) is 1. The third-order valence-electron chi connectivity index (χ3n) is 1.99. The van der Waals surface area contributed by atoms with Crippen molar-refractivity contribution in [1.29, 1.82) is 0 Å². The SMILES string of the molecule is NCc1ccc(Br)cc1OCC(F)(F)C(F)F. The Morgan fingerprint density at radius 1 is 1.35 bits per heavy atom. The Balaban J connectivity index is 2.78. The largest absolute Gasteiger partial charge is 0.487 e. The fourth-order valence-corrected chi connectivity index (χ4v) is 1.41. The molecule has 7 heteroatoms. The minimum absolute atomic E-state index is 0.0715. The Morgan fingerprint density at radius 2 is 2.00 bits per heavy atom. The lowest BCUT2D eigenvalue weighted by molar-refractivity contribution is -0.148. The van der Waals surface area contributed by atoms with Crippen LogP contribution in [0.1, 0.15) is 5.56 Å². The number of hydrogen-bond acceptors (Lipinski definition) is 2. The maximum absolute atomic E-state index is 12.7. The minimum Gasteiger partial charge on any atom is -0.487 e. The number of hydrogen-bond donors (Lipinski definition) is 1. The zero-order valence-corrected chi connectivity index (χ0v) is 10.2. The first-order chi connectivity index (χ1) is 7.86. The highest BCUT2D eigenvalue weighted by molar-refractivity contribution is 9.10. The zero-order chi connectivity index (χ0) is 13.1. The van der Waals surface area contributed by atoms with Gasteiger partial charge in [0.15, 0.2) is 6.61 Å². The van der Waals surface area contributed by atoms with Gasteiger partial charge in [-0.1, -0.05) is 22.0 Å². The second kappa shape index (κ2) is 5.68. The van der Waals surface area contributed by atoms with Gasteiger partial charge in [-0.15, -0.1) is 0 Å². The average molecular weight is 316 g/mol. The van der Waals surface area contributed by atoms with E-state index in [-0.39, 0.29) is 12.3 Å². The molecule has 0 heterocycles. The number of ether oxygens (including phenoxy) is 1. The molecule has 0 spiro atoms. The fraction of sp³-hybridized carbons (Fsp3) is 0.400. The van der Waals surface area contributed by atoms with E-state index in [4.69, 9.17) is 10.5 Å². The molecule has 0 fully saturated rings. The third kappa shape index (κ3) is 3.85. The van der Waals surface area contributed by atoms with Gasteiger partial charge in [-0.05, 0) is 12.1 Å². The van der Waals surface area contributed by atoms with Crippen LogP contribution in [0.3, 0.4) is 0 Å². The summed E-state index contributed by atoms with van der Waals surface area (Å²) < 4.78 is 54.4. The zero-order valence-electron chi connectivity index (χ0n) is 8.60. The van der Waals surface area contributed by atoms with Crippen molar-refractivity contribution in [3.8, 4) is 5.75 Å². The molecule has 0 aliphatic carbocycles. The van der Waals surface area contributed by atoms with Crippen molar-refractivity contribution in [3.63, 3.8) is 0 Å². The molecule has 0 unspecified atom stereocenters. The predicted octanol–water partition coefficient (Wildman–Crippen LogP) is 3.19. The van der Waals surface area contributed by atoms with Gasteiger partial charge in [-0.25, -0.2) is 8.78 Å². The molecule has 2 N–H and O–H groups in total. The van der Waals surface area contributed by atoms with Gasteiger partial charge in [0.2, 0.25) is 0 Å². The van der Waals surface area contributed by atoms with E-state index < -0.39 is 19.0 Å². The Morgan fingerprint density at radius 3 is 2.53 bits per heavy atom. The summed E-state index contributed by atoms with van der Waals surface area (Å²) in [7, 11) is 0. The molecular formula is C10H10BrF4NO. The minimum atomic E-state index is -4.17. The number of rotatable bonds is 5. The summed E-state index contributed by atoms with van der Waals surface area (Å²) in [5.41, 5.74) is 5.84. The molecule has 0 aliphatic heterocycles. The molecular weight excluding hydrogens is 306 g/mol. The second-order valence-electron chi connectivity index (χ2n) is 3.31. The summed E-state index contributed by atoms with van der Waals surface area (Å²) in [4.78, 5) is 0. The summed E-state index contributed by atoms with van der Waals surface area (Å²) in [5, 5.41) is 0. The topological polar surface area (TPSA) is 35.2 Å². The number of alkyl halides is 4. The van der Waals surface area contributed by atoms with Crippen LogP contribution in [-0.2, 0) is 6.54 Å². The van der Waals surface area contributed by atoms with Crippen LogP contribution in [0, 0.1) is 0 Å². The summed E-state index contributed by atoms with van der Waals surface area (Å²) in [6, 6.07) is 4.63. The van der Waals surface area contributed by atoms with Crippen LogP contribution in [0.15, 0.2) is 22.7 Å².